The molecule has 2 nitrogen and oxygen atoms in total. The minimum absolute atomic E-state index is 0.124. The quantitative estimate of drug-likeness (QED) is 0.835. The zero-order valence-corrected chi connectivity index (χ0v) is 11.0. The van der Waals surface area contributed by atoms with Crippen LogP contribution in [0.4, 0.5) is 0 Å². The summed E-state index contributed by atoms with van der Waals surface area (Å²) in [6.07, 6.45) is 4.50. The summed E-state index contributed by atoms with van der Waals surface area (Å²) in [6, 6.07) is 7.41. The average Bonchev–Trinajstić information content (AvgIpc) is 2.80. The molecule has 0 radical (unpaired) electrons. The van der Waals surface area contributed by atoms with E-state index in [0.717, 1.165) is 18.4 Å². The zero-order valence-electron chi connectivity index (χ0n) is 9.46. The van der Waals surface area contributed by atoms with Crippen LogP contribution < -0.4 is 5.32 Å². The van der Waals surface area contributed by atoms with E-state index in [4.69, 9.17) is 23.2 Å². The van der Waals surface area contributed by atoms with Crippen LogP contribution >= 0.6 is 23.2 Å². The Kier molecular flexibility index (Phi) is 4.30. The van der Waals surface area contributed by atoms with Crippen molar-refractivity contribution >= 4 is 29.1 Å². The molecule has 4 heteroatoms. The van der Waals surface area contributed by atoms with Crippen LogP contribution in [0.15, 0.2) is 24.3 Å². The summed E-state index contributed by atoms with van der Waals surface area (Å²) in [5.41, 5.74) is 0.745. The molecule has 0 aromatic heterocycles. The minimum atomic E-state index is -0.658. The molecule has 0 spiro atoms. The molecule has 1 aliphatic carbocycles. The van der Waals surface area contributed by atoms with Crippen LogP contribution in [0, 0.1) is 0 Å². The smallest absolute Gasteiger partial charge is 0.242 e. The third-order valence-corrected chi connectivity index (χ3v) is 3.76. The van der Waals surface area contributed by atoms with Gasteiger partial charge in [-0.2, -0.15) is 0 Å². The first-order valence-electron chi connectivity index (χ1n) is 5.87. The van der Waals surface area contributed by atoms with Crippen LogP contribution in [-0.4, -0.2) is 11.9 Å². The van der Waals surface area contributed by atoms with Gasteiger partial charge in [0.1, 0.15) is 5.38 Å². The Labute approximate surface area is 111 Å². The van der Waals surface area contributed by atoms with Crippen molar-refractivity contribution in [1.82, 2.24) is 5.32 Å². The van der Waals surface area contributed by atoms with Gasteiger partial charge in [-0.25, -0.2) is 0 Å². The first kappa shape index (κ1) is 12.7. The SMILES string of the molecule is O=C(NC1CCCC1)C(Cl)c1cccc(Cl)c1. The van der Waals surface area contributed by atoms with E-state index in [-0.39, 0.29) is 5.91 Å². The van der Waals surface area contributed by atoms with E-state index in [2.05, 4.69) is 5.32 Å². The van der Waals surface area contributed by atoms with Gasteiger partial charge >= 0.3 is 0 Å². The van der Waals surface area contributed by atoms with Gasteiger partial charge in [-0.15, -0.1) is 11.6 Å². The summed E-state index contributed by atoms with van der Waals surface area (Å²) in [4.78, 5) is 11.9. The Bertz CT molecular complexity index is 402. The number of halogens is 2. The molecule has 1 aromatic rings. The number of alkyl halides is 1. The summed E-state index contributed by atoms with van der Waals surface area (Å²) in [6.45, 7) is 0. The standard InChI is InChI=1S/C13H15Cl2NO/c14-10-5-3-4-9(8-10)12(15)13(17)16-11-6-1-2-7-11/h3-5,8,11-12H,1-2,6-7H2,(H,16,17). The van der Waals surface area contributed by atoms with Crippen LogP contribution in [0.5, 0.6) is 0 Å². The van der Waals surface area contributed by atoms with E-state index in [0.29, 0.717) is 11.1 Å². The van der Waals surface area contributed by atoms with Crippen molar-refractivity contribution in [2.75, 3.05) is 0 Å². The molecule has 1 atom stereocenters. The van der Waals surface area contributed by atoms with Crippen molar-refractivity contribution in [2.24, 2.45) is 0 Å². The van der Waals surface area contributed by atoms with Crippen molar-refractivity contribution in [3.8, 4) is 0 Å². The van der Waals surface area contributed by atoms with E-state index in [9.17, 15) is 4.79 Å². The second-order valence-corrected chi connectivity index (χ2v) is 5.28. The molecular formula is C13H15Cl2NO. The predicted molar refractivity (Wildman–Crippen MR) is 70.4 cm³/mol. The first-order chi connectivity index (χ1) is 8.16. The maximum atomic E-state index is 11.9. The number of carbonyl (C=O) groups excluding carboxylic acids is 1. The molecule has 0 bridgehead atoms. The lowest BCUT2D eigenvalue weighted by molar-refractivity contribution is -0.121. The molecule has 17 heavy (non-hydrogen) atoms. The second kappa shape index (κ2) is 5.74. The third kappa shape index (κ3) is 3.36. The largest absolute Gasteiger partial charge is 0.352 e. The summed E-state index contributed by atoms with van der Waals surface area (Å²) < 4.78 is 0. The van der Waals surface area contributed by atoms with E-state index < -0.39 is 5.38 Å². The van der Waals surface area contributed by atoms with Crippen molar-refractivity contribution in [2.45, 2.75) is 37.1 Å². The average molecular weight is 272 g/mol. The van der Waals surface area contributed by atoms with Gasteiger partial charge in [-0.05, 0) is 30.5 Å². The van der Waals surface area contributed by atoms with Crippen molar-refractivity contribution in [3.05, 3.63) is 34.9 Å². The Morgan fingerprint density at radius 2 is 2.06 bits per heavy atom. The first-order valence-corrected chi connectivity index (χ1v) is 6.68. The monoisotopic (exact) mass is 271 g/mol. The van der Waals surface area contributed by atoms with Gasteiger partial charge in [-0.1, -0.05) is 36.6 Å². The summed E-state index contributed by atoms with van der Waals surface area (Å²) in [5, 5.41) is 2.92. The third-order valence-electron chi connectivity index (χ3n) is 3.07. The highest BCUT2D eigenvalue weighted by molar-refractivity contribution is 6.32. The second-order valence-electron chi connectivity index (χ2n) is 4.41. The van der Waals surface area contributed by atoms with Gasteiger partial charge in [0.05, 0.1) is 0 Å². The van der Waals surface area contributed by atoms with Crippen molar-refractivity contribution in [3.63, 3.8) is 0 Å². The van der Waals surface area contributed by atoms with E-state index in [1.54, 1.807) is 18.2 Å². The molecule has 0 aliphatic heterocycles. The van der Waals surface area contributed by atoms with Gasteiger partial charge in [0.15, 0.2) is 0 Å². The molecule has 0 saturated heterocycles. The molecule has 1 unspecified atom stereocenters. The van der Waals surface area contributed by atoms with Crippen molar-refractivity contribution in [1.29, 1.82) is 0 Å². The molecule has 0 heterocycles. The van der Waals surface area contributed by atoms with Crippen LogP contribution in [0.1, 0.15) is 36.6 Å². The molecule has 1 amide bonds. The maximum Gasteiger partial charge on any atom is 0.242 e. The normalized spacial score (nSPS) is 18.0. The van der Waals surface area contributed by atoms with Crippen LogP contribution in [0.2, 0.25) is 5.02 Å². The Balaban J connectivity index is 1.98. The van der Waals surface area contributed by atoms with E-state index in [1.807, 2.05) is 6.07 Å². The highest BCUT2D eigenvalue weighted by Gasteiger charge is 2.22. The maximum absolute atomic E-state index is 11.9. The van der Waals surface area contributed by atoms with Crippen LogP contribution in [0.3, 0.4) is 0 Å². The molecule has 1 aliphatic rings. The molecule has 92 valence electrons. The fourth-order valence-electron chi connectivity index (χ4n) is 2.16. The van der Waals surface area contributed by atoms with Gasteiger partial charge in [0.25, 0.3) is 0 Å². The summed E-state index contributed by atoms with van der Waals surface area (Å²) in [7, 11) is 0. The topological polar surface area (TPSA) is 29.1 Å². The lowest BCUT2D eigenvalue weighted by atomic mass is 10.1. The molecule has 2 rings (SSSR count). The lowest BCUT2D eigenvalue weighted by Crippen LogP contribution is -2.34. The fourth-order valence-corrected chi connectivity index (χ4v) is 2.56. The number of carbonyl (C=O) groups is 1. The number of hydrogen-bond acceptors (Lipinski definition) is 1. The van der Waals surface area contributed by atoms with Crippen molar-refractivity contribution < 1.29 is 4.79 Å². The number of rotatable bonds is 3. The molecule has 1 N–H and O–H groups in total. The zero-order chi connectivity index (χ0) is 12.3. The summed E-state index contributed by atoms with van der Waals surface area (Å²) in [5.74, 6) is -0.124. The lowest BCUT2D eigenvalue weighted by Gasteiger charge is -2.15. The summed E-state index contributed by atoms with van der Waals surface area (Å²) >= 11 is 12.0. The minimum Gasteiger partial charge on any atom is -0.352 e. The molecular weight excluding hydrogens is 257 g/mol. The molecule has 1 fully saturated rings. The highest BCUT2D eigenvalue weighted by Crippen LogP contribution is 2.25. The highest BCUT2D eigenvalue weighted by atomic mass is 35.5. The molecule has 1 saturated carbocycles. The van der Waals surface area contributed by atoms with Gasteiger partial charge in [-0.3, -0.25) is 4.79 Å². The number of benzene rings is 1. The van der Waals surface area contributed by atoms with Crippen LogP contribution in [0.25, 0.3) is 0 Å². The number of hydrogen-bond donors (Lipinski definition) is 1. The Hall–Kier alpha value is -0.730. The van der Waals surface area contributed by atoms with Gasteiger partial charge < -0.3 is 5.32 Å². The van der Waals surface area contributed by atoms with E-state index in [1.165, 1.54) is 12.8 Å². The molecule has 1 aromatic carbocycles. The predicted octanol–water partition coefficient (Wildman–Crippen LogP) is 3.68. The van der Waals surface area contributed by atoms with Gasteiger partial charge in [0.2, 0.25) is 5.91 Å². The Morgan fingerprint density at radius 3 is 2.71 bits per heavy atom. The Morgan fingerprint density at radius 1 is 1.35 bits per heavy atom. The fraction of sp³-hybridized carbons (Fsp3) is 0.462. The number of amides is 1. The van der Waals surface area contributed by atoms with Crippen LogP contribution in [-0.2, 0) is 4.79 Å². The van der Waals surface area contributed by atoms with E-state index >= 15 is 0 Å². The number of nitrogens with one attached hydrogen (secondary N) is 1. The van der Waals surface area contributed by atoms with Gasteiger partial charge in [0, 0.05) is 11.1 Å².